The maximum atomic E-state index is 13.3. The van der Waals surface area contributed by atoms with Crippen LogP contribution in [-0.2, 0) is 14.8 Å². The van der Waals surface area contributed by atoms with E-state index in [0.717, 1.165) is 21.5 Å². The fraction of sp³-hybridized carbons (Fsp3) is 0.0870. The van der Waals surface area contributed by atoms with Gasteiger partial charge in [-0.2, -0.15) is 4.31 Å². The molecule has 0 N–H and O–H groups in total. The van der Waals surface area contributed by atoms with E-state index in [1.165, 1.54) is 36.4 Å². The molecule has 0 aliphatic carbocycles. The van der Waals surface area contributed by atoms with E-state index in [2.05, 4.69) is 0 Å². The van der Waals surface area contributed by atoms with E-state index in [9.17, 15) is 23.3 Å². The van der Waals surface area contributed by atoms with Crippen LogP contribution in [0, 0.1) is 24.0 Å². The van der Waals surface area contributed by atoms with Crippen LogP contribution in [0.15, 0.2) is 83.8 Å². The Hall–Kier alpha value is -3.78. The van der Waals surface area contributed by atoms with Crippen molar-refractivity contribution in [1.29, 1.82) is 0 Å². The average Bonchev–Trinajstić information content (AvgIpc) is 2.74. The van der Waals surface area contributed by atoms with Crippen LogP contribution in [0.5, 0.6) is 0 Å². The number of benzene rings is 3. The van der Waals surface area contributed by atoms with Gasteiger partial charge in [0.25, 0.3) is 21.6 Å². The third-order valence-electron chi connectivity index (χ3n) is 4.53. The molecule has 7 nitrogen and oxygen atoms in total. The normalized spacial score (nSPS) is 11.4. The number of nitrogens with zero attached hydrogens (tertiary/aromatic N) is 2. The van der Waals surface area contributed by atoms with E-state index in [-0.39, 0.29) is 16.3 Å². The standard InChI is InChI=1S/C23H20N2O5S/c1-17-6-11-20(12-7-17)24(31(29,30)22-13-8-18(2)9-14-22)23(26)15-10-19-4-3-5-21(16-19)25(27)28/h3-16H,1-2H3/b15-10+. The van der Waals surface area contributed by atoms with Crippen molar-refractivity contribution in [3.63, 3.8) is 0 Å². The fourth-order valence-corrected chi connectivity index (χ4v) is 4.25. The van der Waals surface area contributed by atoms with Gasteiger partial charge in [0.1, 0.15) is 0 Å². The van der Waals surface area contributed by atoms with Gasteiger partial charge >= 0.3 is 0 Å². The molecule has 0 aliphatic heterocycles. The number of sulfonamides is 1. The molecule has 0 spiro atoms. The quantitative estimate of drug-likeness (QED) is 0.318. The van der Waals surface area contributed by atoms with Crippen LogP contribution in [0.1, 0.15) is 16.7 Å². The topological polar surface area (TPSA) is 97.6 Å². The number of aryl methyl sites for hydroxylation is 2. The van der Waals surface area contributed by atoms with E-state index in [4.69, 9.17) is 0 Å². The number of nitro benzene ring substituents is 1. The number of nitro groups is 1. The summed E-state index contributed by atoms with van der Waals surface area (Å²) in [4.78, 5) is 23.4. The van der Waals surface area contributed by atoms with Crippen LogP contribution in [0.25, 0.3) is 6.08 Å². The van der Waals surface area contributed by atoms with Crippen molar-refractivity contribution >= 4 is 33.4 Å². The smallest absolute Gasteiger partial charge is 0.268 e. The average molecular weight is 436 g/mol. The summed E-state index contributed by atoms with van der Waals surface area (Å²) in [7, 11) is -4.18. The molecular formula is C23H20N2O5S. The maximum absolute atomic E-state index is 13.3. The van der Waals surface area contributed by atoms with Crippen molar-refractivity contribution in [2.24, 2.45) is 0 Å². The van der Waals surface area contributed by atoms with Crippen LogP contribution in [0.4, 0.5) is 11.4 Å². The minimum absolute atomic E-state index is 0.0178. The van der Waals surface area contributed by atoms with Gasteiger partial charge in [0.2, 0.25) is 0 Å². The number of hydrogen-bond donors (Lipinski definition) is 0. The number of anilines is 1. The number of rotatable bonds is 6. The van der Waals surface area contributed by atoms with Gasteiger partial charge in [0.05, 0.1) is 15.5 Å². The maximum Gasteiger partial charge on any atom is 0.271 e. The highest BCUT2D eigenvalue weighted by Gasteiger charge is 2.29. The number of carbonyl (C=O) groups excluding carboxylic acids is 1. The van der Waals surface area contributed by atoms with Crippen molar-refractivity contribution < 1.29 is 18.1 Å². The first-order valence-electron chi connectivity index (χ1n) is 9.33. The van der Waals surface area contributed by atoms with Crippen LogP contribution in [0.2, 0.25) is 0 Å². The van der Waals surface area contributed by atoms with Crippen molar-refractivity contribution in [3.8, 4) is 0 Å². The summed E-state index contributed by atoms with van der Waals surface area (Å²) < 4.78 is 27.3. The summed E-state index contributed by atoms with van der Waals surface area (Å²) in [6, 6.07) is 18.5. The Kier molecular flexibility index (Phi) is 6.31. The van der Waals surface area contributed by atoms with Gasteiger partial charge < -0.3 is 0 Å². The zero-order valence-electron chi connectivity index (χ0n) is 16.9. The molecule has 0 aromatic heterocycles. The summed E-state index contributed by atoms with van der Waals surface area (Å²) >= 11 is 0. The molecule has 0 aliphatic rings. The third-order valence-corrected chi connectivity index (χ3v) is 6.27. The number of carbonyl (C=O) groups is 1. The largest absolute Gasteiger partial charge is 0.271 e. The van der Waals surface area contributed by atoms with E-state index < -0.39 is 20.9 Å². The molecule has 3 aromatic rings. The van der Waals surface area contributed by atoms with Gasteiger partial charge in [-0.1, -0.05) is 47.5 Å². The molecule has 0 heterocycles. The van der Waals surface area contributed by atoms with E-state index >= 15 is 0 Å². The molecule has 0 saturated carbocycles. The lowest BCUT2D eigenvalue weighted by atomic mass is 10.2. The SMILES string of the molecule is Cc1ccc(N(C(=O)/C=C/c2cccc([N+](=O)[O-])c2)S(=O)(=O)c2ccc(C)cc2)cc1. The Labute approximate surface area is 180 Å². The van der Waals surface area contributed by atoms with Crippen molar-refractivity contribution in [1.82, 2.24) is 0 Å². The Morgan fingerprint density at radius 1 is 0.935 bits per heavy atom. The molecule has 0 fully saturated rings. The molecule has 0 radical (unpaired) electrons. The van der Waals surface area contributed by atoms with Gasteiger partial charge in [0.15, 0.2) is 0 Å². The molecule has 0 unspecified atom stereocenters. The molecule has 3 aromatic carbocycles. The van der Waals surface area contributed by atoms with Crippen molar-refractivity contribution in [2.45, 2.75) is 18.7 Å². The summed E-state index contributed by atoms with van der Waals surface area (Å²) in [6.45, 7) is 3.69. The van der Waals surface area contributed by atoms with Crippen LogP contribution >= 0.6 is 0 Å². The Balaban J connectivity index is 2.03. The number of non-ortho nitro benzene ring substituents is 1. The van der Waals surface area contributed by atoms with Crippen LogP contribution < -0.4 is 4.31 Å². The van der Waals surface area contributed by atoms with Crippen LogP contribution in [-0.4, -0.2) is 19.2 Å². The summed E-state index contributed by atoms with van der Waals surface area (Å²) in [5.41, 5.74) is 2.27. The minimum atomic E-state index is -4.18. The predicted molar refractivity (Wildman–Crippen MR) is 119 cm³/mol. The molecule has 8 heteroatoms. The van der Waals surface area contributed by atoms with E-state index in [0.29, 0.717) is 5.56 Å². The third kappa shape index (κ3) is 5.04. The highest BCUT2D eigenvalue weighted by molar-refractivity contribution is 7.93. The Morgan fingerprint density at radius 3 is 2.10 bits per heavy atom. The predicted octanol–water partition coefficient (Wildman–Crippen LogP) is 4.65. The second-order valence-corrected chi connectivity index (χ2v) is 8.73. The highest BCUT2D eigenvalue weighted by atomic mass is 32.2. The lowest BCUT2D eigenvalue weighted by Gasteiger charge is -2.21. The molecule has 1 amide bonds. The Bertz CT molecular complexity index is 1250. The van der Waals surface area contributed by atoms with Gasteiger partial charge in [0, 0.05) is 18.2 Å². The molecule has 31 heavy (non-hydrogen) atoms. The molecule has 158 valence electrons. The lowest BCUT2D eigenvalue weighted by Crippen LogP contribution is -2.35. The highest BCUT2D eigenvalue weighted by Crippen LogP contribution is 2.25. The van der Waals surface area contributed by atoms with Crippen LogP contribution in [0.3, 0.4) is 0 Å². The minimum Gasteiger partial charge on any atom is -0.268 e. The summed E-state index contributed by atoms with van der Waals surface area (Å²) in [6.07, 6.45) is 2.44. The summed E-state index contributed by atoms with van der Waals surface area (Å²) in [5.74, 6) is -0.795. The number of amides is 1. The van der Waals surface area contributed by atoms with E-state index in [1.54, 1.807) is 42.5 Å². The molecule has 0 saturated heterocycles. The first-order chi connectivity index (χ1) is 14.7. The molecule has 0 bridgehead atoms. The number of hydrogen-bond acceptors (Lipinski definition) is 5. The molecule has 3 rings (SSSR count). The van der Waals surface area contributed by atoms with Gasteiger partial charge in [-0.05, 0) is 49.8 Å². The summed E-state index contributed by atoms with van der Waals surface area (Å²) in [5, 5.41) is 11.0. The lowest BCUT2D eigenvalue weighted by molar-refractivity contribution is -0.384. The second-order valence-electron chi connectivity index (χ2n) is 6.94. The van der Waals surface area contributed by atoms with Gasteiger partial charge in [-0.15, -0.1) is 0 Å². The van der Waals surface area contributed by atoms with Gasteiger partial charge in [-0.25, -0.2) is 8.42 Å². The second kappa shape index (κ2) is 8.93. The molecule has 0 atom stereocenters. The fourth-order valence-electron chi connectivity index (χ4n) is 2.86. The van der Waals surface area contributed by atoms with Crippen molar-refractivity contribution in [2.75, 3.05) is 4.31 Å². The Morgan fingerprint density at radius 2 is 1.52 bits per heavy atom. The monoisotopic (exact) mass is 436 g/mol. The first kappa shape index (κ1) is 21.9. The van der Waals surface area contributed by atoms with E-state index in [1.807, 2.05) is 13.8 Å². The van der Waals surface area contributed by atoms with Crippen molar-refractivity contribution in [3.05, 3.63) is 106 Å². The molecular weight excluding hydrogens is 416 g/mol. The first-order valence-corrected chi connectivity index (χ1v) is 10.8. The zero-order valence-corrected chi connectivity index (χ0v) is 17.7. The zero-order chi connectivity index (χ0) is 22.6. The van der Waals surface area contributed by atoms with Gasteiger partial charge in [-0.3, -0.25) is 14.9 Å².